The van der Waals surface area contributed by atoms with E-state index in [1.54, 1.807) is 26.0 Å². The smallest absolute Gasteiger partial charge is 0.124 e. The molecule has 0 saturated heterocycles. The molecule has 0 aliphatic heterocycles. The molecular weight excluding hydrogens is 250 g/mol. The van der Waals surface area contributed by atoms with Crippen molar-refractivity contribution in [2.45, 2.75) is 25.7 Å². The van der Waals surface area contributed by atoms with E-state index >= 15 is 0 Å². The minimum Gasteiger partial charge on any atom is -0.744 e. The molecule has 0 aliphatic rings. The SMILES string of the molecule is C[N+](C)(C)C.Cc1cc(C)c(S(=O)(=O)[O-])c(C)c1. The zero-order valence-corrected chi connectivity index (χ0v) is 13.1. The fraction of sp³-hybridized carbons (Fsp3) is 0.538. The highest BCUT2D eigenvalue weighted by atomic mass is 32.2. The van der Waals surface area contributed by atoms with Crippen LogP contribution in [0.15, 0.2) is 17.0 Å². The van der Waals surface area contributed by atoms with Gasteiger partial charge in [0.1, 0.15) is 10.1 Å². The van der Waals surface area contributed by atoms with E-state index in [9.17, 15) is 13.0 Å². The van der Waals surface area contributed by atoms with Gasteiger partial charge in [-0.05, 0) is 31.9 Å². The van der Waals surface area contributed by atoms with E-state index in [1.807, 2.05) is 6.92 Å². The normalized spacial score (nSPS) is 11.8. The molecule has 1 aromatic carbocycles. The van der Waals surface area contributed by atoms with Gasteiger partial charge in [0.2, 0.25) is 0 Å². The van der Waals surface area contributed by atoms with Crippen molar-refractivity contribution in [1.29, 1.82) is 0 Å². The molecule has 0 atom stereocenters. The molecule has 0 aliphatic carbocycles. The average molecular weight is 273 g/mol. The Bertz CT molecular complexity index is 485. The van der Waals surface area contributed by atoms with Gasteiger partial charge in [0.25, 0.3) is 0 Å². The van der Waals surface area contributed by atoms with Crippen LogP contribution in [0.25, 0.3) is 0 Å². The number of nitrogens with zero attached hydrogens (tertiary/aromatic N) is 1. The maximum Gasteiger partial charge on any atom is 0.124 e. The van der Waals surface area contributed by atoms with Gasteiger partial charge < -0.3 is 9.04 Å². The molecule has 104 valence electrons. The Balaban J connectivity index is 0.000000494. The minimum atomic E-state index is -4.33. The number of rotatable bonds is 1. The third kappa shape index (κ3) is 6.74. The van der Waals surface area contributed by atoms with Gasteiger partial charge in [0, 0.05) is 0 Å². The van der Waals surface area contributed by atoms with Gasteiger partial charge in [-0.1, -0.05) is 17.7 Å². The lowest BCUT2D eigenvalue weighted by Crippen LogP contribution is -2.27. The number of hydrogen-bond acceptors (Lipinski definition) is 3. The first-order valence-corrected chi connectivity index (χ1v) is 7.06. The number of hydrogen-bond donors (Lipinski definition) is 0. The zero-order valence-electron chi connectivity index (χ0n) is 12.2. The molecule has 1 aromatic rings. The van der Waals surface area contributed by atoms with Crippen molar-refractivity contribution in [3.8, 4) is 0 Å². The second-order valence-corrected chi connectivity index (χ2v) is 7.18. The zero-order chi connectivity index (χ0) is 14.7. The van der Waals surface area contributed by atoms with E-state index in [0.717, 1.165) is 10.0 Å². The highest BCUT2D eigenvalue weighted by molar-refractivity contribution is 7.85. The van der Waals surface area contributed by atoms with Crippen LogP contribution < -0.4 is 0 Å². The molecular formula is C13H23NO3S. The summed E-state index contributed by atoms with van der Waals surface area (Å²) in [5.41, 5.74) is 2.00. The van der Waals surface area contributed by atoms with Crippen molar-refractivity contribution in [2.75, 3.05) is 28.2 Å². The Morgan fingerprint density at radius 2 is 1.22 bits per heavy atom. The highest BCUT2D eigenvalue weighted by Gasteiger charge is 2.09. The van der Waals surface area contributed by atoms with E-state index in [-0.39, 0.29) is 4.90 Å². The summed E-state index contributed by atoms with van der Waals surface area (Å²) in [6, 6.07) is 3.38. The highest BCUT2D eigenvalue weighted by Crippen LogP contribution is 2.20. The molecule has 0 amide bonds. The molecule has 0 bridgehead atoms. The van der Waals surface area contributed by atoms with Crippen LogP contribution in [-0.4, -0.2) is 45.6 Å². The first kappa shape index (κ1) is 17.1. The van der Waals surface area contributed by atoms with Crippen molar-refractivity contribution < 1.29 is 17.5 Å². The summed E-state index contributed by atoms with van der Waals surface area (Å²) < 4.78 is 33.5. The van der Waals surface area contributed by atoms with Crippen molar-refractivity contribution in [2.24, 2.45) is 0 Å². The topological polar surface area (TPSA) is 57.2 Å². The van der Waals surface area contributed by atoms with Crippen LogP contribution in [0.4, 0.5) is 0 Å². The monoisotopic (exact) mass is 273 g/mol. The van der Waals surface area contributed by atoms with Crippen LogP contribution >= 0.6 is 0 Å². The van der Waals surface area contributed by atoms with Crippen LogP contribution in [-0.2, 0) is 10.1 Å². The predicted octanol–water partition coefficient (Wildman–Crippen LogP) is 1.84. The molecule has 0 fully saturated rings. The molecule has 0 aromatic heterocycles. The molecule has 0 saturated carbocycles. The van der Waals surface area contributed by atoms with Gasteiger partial charge in [-0.25, -0.2) is 8.42 Å². The summed E-state index contributed by atoms with van der Waals surface area (Å²) in [6.07, 6.45) is 0. The van der Waals surface area contributed by atoms with Gasteiger partial charge in [-0.2, -0.15) is 0 Å². The van der Waals surface area contributed by atoms with Crippen molar-refractivity contribution >= 4 is 10.1 Å². The summed E-state index contributed by atoms with van der Waals surface area (Å²) in [4.78, 5) is -0.0851. The summed E-state index contributed by atoms with van der Waals surface area (Å²) in [5.74, 6) is 0. The Hall–Kier alpha value is -0.910. The maximum atomic E-state index is 10.8. The van der Waals surface area contributed by atoms with Gasteiger partial charge in [0.05, 0.1) is 33.1 Å². The van der Waals surface area contributed by atoms with Crippen LogP contribution in [0.2, 0.25) is 0 Å². The molecule has 1 rings (SSSR count). The number of quaternary nitrogens is 1. The minimum absolute atomic E-state index is 0.0851. The average Bonchev–Trinajstić information content (AvgIpc) is 1.93. The lowest BCUT2D eigenvalue weighted by Gasteiger charge is -2.14. The quantitative estimate of drug-likeness (QED) is 0.579. The molecule has 4 nitrogen and oxygen atoms in total. The third-order valence-corrected chi connectivity index (χ3v) is 3.00. The van der Waals surface area contributed by atoms with Gasteiger partial charge in [0.15, 0.2) is 0 Å². The van der Waals surface area contributed by atoms with E-state index in [1.165, 1.54) is 0 Å². The van der Waals surface area contributed by atoms with E-state index in [2.05, 4.69) is 28.2 Å². The van der Waals surface area contributed by atoms with E-state index < -0.39 is 10.1 Å². The molecule has 18 heavy (non-hydrogen) atoms. The van der Waals surface area contributed by atoms with Crippen molar-refractivity contribution in [3.63, 3.8) is 0 Å². The van der Waals surface area contributed by atoms with E-state index in [0.29, 0.717) is 11.1 Å². The summed E-state index contributed by atoms with van der Waals surface area (Å²) in [7, 11) is 4.17. The van der Waals surface area contributed by atoms with Crippen molar-refractivity contribution in [1.82, 2.24) is 0 Å². The van der Waals surface area contributed by atoms with Crippen LogP contribution in [0.5, 0.6) is 0 Å². The Kier molecular flexibility index (Phi) is 5.53. The molecule has 0 N–H and O–H groups in total. The molecule has 0 spiro atoms. The first-order valence-electron chi connectivity index (χ1n) is 5.65. The largest absolute Gasteiger partial charge is 0.744 e. The van der Waals surface area contributed by atoms with Gasteiger partial charge in [-0.3, -0.25) is 0 Å². The van der Waals surface area contributed by atoms with Crippen LogP contribution in [0, 0.1) is 20.8 Å². The second kappa shape index (κ2) is 5.82. The molecule has 0 radical (unpaired) electrons. The molecule has 5 heteroatoms. The maximum absolute atomic E-state index is 10.8. The summed E-state index contributed by atoms with van der Waals surface area (Å²) >= 11 is 0. The molecule has 0 unspecified atom stereocenters. The van der Waals surface area contributed by atoms with Crippen LogP contribution in [0.3, 0.4) is 0 Å². The van der Waals surface area contributed by atoms with Gasteiger partial charge in [-0.15, -0.1) is 0 Å². The lowest BCUT2D eigenvalue weighted by molar-refractivity contribution is -0.849. The van der Waals surface area contributed by atoms with Crippen LogP contribution in [0.1, 0.15) is 16.7 Å². The second-order valence-electron chi connectivity index (χ2n) is 5.87. The fourth-order valence-electron chi connectivity index (χ4n) is 1.56. The third-order valence-electron chi connectivity index (χ3n) is 1.85. The summed E-state index contributed by atoms with van der Waals surface area (Å²) in [6.45, 7) is 5.12. The predicted molar refractivity (Wildman–Crippen MR) is 72.6 cm³/mol. The van der Waals surface area contributed by atoms with Gasteiger partial charge >= 0.3 is 0 Å². The van der Waals surface area contributed by atoms with Crippen molar-refractivity contribution in [3.05, 3.63) is 28.8 Å². The fourth-order valence-corrected chi connectivity index (χ4v) is 2.47. The standard InChI is InChI=1S/C9H12O3S.C4H12N/c1-6-4-7(2)9(8(3)5-6)13(10,11)12;1-5(2,3)4/h4-5H,1-3H3,(H,10,11,12);1-4H3/q;+1/p-1. The Labute approximate surface area is 111 Å². The number of aryl methyl sites for hydroxylation is 3. The Morgan fingerprint density at radius 1 is 0.944 bits per heavy atom. The summed E-state index contributed by atoms with van der Waals surface area (Å²) in [5, 5.41) is 0. The first-order chi connectivity index (χ1) is 7.82. The number of benzene rings is 1. The van der Waals surface area contributed by atoms with E-state index in [4.69, 9.17) is 0 Å². The lowest BCUT2D eigenvalue weighted by atomic mass is 10.1. The molecule has 0 heterocycles. The Morgan fingerprint density at radius 3 is 1.44 bits per heavy atom.